The van der Waals surface area contributed by atoms with Crippen molar-refractivity contribution in [2.24, 2.45) is 0 Å². The Hall–Kier alpha value is -3.14. The van der Waals surface area contributed by atoms with Crippen LogP contribution in [0.15, 0.2) is 85.1 Å². The van der Waals surface area contributed by atoms with Crippen molar-refractivity contribution in [3.05, 3.63) is 85.1 Å². The Morgan fingerprint density at radius 1 is 0.548 bits per heavy atom. The second kappa shape index (κ2) is 41.8. The third-order valence-corrected chi connectivity index (χ3v) is 10.6. The molecule has 0 aromatic heterocycles. The number of hydrogen-bond acceptors (Lipinski definition) is 9. The molecule has 0 amide bonds. The van der Waals surface area contributed by atoms with Gasteiger partial charge in [-0.15, -0.1) is 0 Å². The fourth-order valence-electron chi connectivity index (χ4n) is 5.85. The minimum Gasteiger partial charge on any atom is -0.756 e. The maximum atomic E-state index is 12.7. The number of likely N-dealkylation sites (N-methyl/N-ethyl adjacent to an activating group) is 1. The molecule has 0 aliphatic carbocycles. The highest BCUT2D eigenvalue weighted by atomic mass is 31.2. The van der Waals surface area contributed by atoms with Crippen LogP contribution in [0.2, 0.25) is 0 Å². The van der Waals surface area contributed by atoms with Crippen molar-refractivity contribution in [2.45, 2.75) is 174 Å². The number of rotatable bonds is 42. The molecular weight excluding hydrogens is 802 g/mol. The molecule has 0 fully saturated rings. The van der Waals surface area contributed by atoms with E-state index < -0.39 is 32.5 Å². The fourth-order valence-corrected chi connectivity index (χ4v) is 6.58. The van der Waals surface area contributed by atoms with Crippen LogP contribution >= 0.6 is 7.82 Å². The van der Waals surface area contributed by atoms with E-state index in [2.05, 4.69) is 74.6 Å². The van der Waals surface area contributed by atoms with Crippen molar-refractivity contribution < 1.29 is 46.8 Å². The summed E-state index contributed by atoms with van der Waals surface area (Å²) in [5.41, 5.74) is 0. The van der Waals surface area contributed by atoms with Crippen molar-refractivity contribution in [1.82, 2.24) is 0 Å². The average molecular weight is 888 g/mol. The van der Waals surface area contributed by atoms with Crippen molar-refractivity contribution in [3.8, 4) is 0 Å². The summed E-state index contributed by atoms with van der Waals surface area (Å²) in [4.78, 5) is 49.9. The summed E-state index contributed by atoms with van der Waals surface area (Å²) in [6, 6.07) is 0. The first-order chi connectivity index (χ1) is 29.9. The van der Waals surface area contributed by atoms with Crippen molar-refractivity contribution in [2.75, 3.05) is 47.5 Å². The molecule has 0 radical (unpaired) electrons. The van der Waals surface area contributed by atoms with Crippen LogP contribution in [-0.2, 0) is 37.5 Å². The summed E-state index contributed by atoms with van der Waals surface area (Å²) in [6.07, 6.45) is 50.4. The van der Waals surface area contributed by atoms with Gasteiger partial charge in [0.25, 0.3) is 7.82 Å². The van der Waals surface area contributed by atoms with Gasteiger partial charge >= 0.3 is 11.9 Å². The summed E-state index contributed by atoms with van der Waals surface area (Å²) in [7, 11) is 1.02. The molecule has 10 nitrogen and oxygen atoms in total. The summed E-state index contributed by atoms with van der Waals surface area (Å²) >= 11 is 0. The van der Waals surface area contributed by atoms with E-state index in [1.807, 2.05) is 33.3 Å². The number of phosphoric ester groups is 1. The Morgan fingerprint density at radius 3 is 1.61 bits per heavy atom. The third-order valence-electron chi connectivity index (χ3n) is 9.61. The minimum absolute atomic E-state index is 0.0198. The molecule has 0 aromatic carbocycles. The van der Waals surface area contributed by atoms with Crippen LogP contribution in [0.25, 0.3) is 0 Å². The van der Waals surface area contributed by atoms with Gasteiger partial charge in [-0.25, -0.2) is 0 Å². The van der Waals surface area contributed by atoms with Crippen LogP contribution in [0.5, 0.6) is 0 Å². The number of allylic oxidation sites excluding steroid dienone is 14. The molecule has 0 rings (SSSR count). The summed E-state index contributed by atoms with van der Waals surface area (Å²) in [5, 5.41) is 0. The van der Waals surface area contributed by atoms with Gasteiger partial charge in [0.05, 0.1) is 27.7 Å². The molecule has 62 heavy (non-hydrogen) atoms. The van der Waals surface area contributed by atoms with Gasteiger partial charge in [0.2, 0.25) is 0 Å². The lowest BCUT2D eigenvalue weighted by Gasteiger charge is -2.28. The number of phosphoric acid groups is 1. The van der Waals surface area contributed by atoms with E-state index in [1.54, 1.807) is 6.08 Å². The topological polar surface area (TPSA) is 128 Å². The van der Waals surface area contributed by atoms with Crippen LogP contribution in [0.1, 0.15) is 168 Å². The fraction of sp³-hybridized carbons (Fsp3) is 0.667. The van der Waals surface area contributed by atoms with Crippen LogP contribution in [0, 0.1) is 0 Å². The third kappa shape index (κ3) is 44.9. The molecule has 0 aliphatic heterocycles. The lowest BCUT2D eigenvalue weighted by molar-refractivity contribution is -0.870. The maximum Gasteiger partial charge on any atom is 0.306 e. The number of ether oxygens (including phenoxy) is 2. The first-order valence-corrected chi connectivity index (χ1v) is 25.2. The second-order valence-corrected chi connectivity index (χ2v) is 18.2. The van der Waals surface area contributed by atoms with E-state index in [-0.39, 0.29) is 44.7 Å². The molecule has 0 spiro atoms. The van der Waals surface area contributed by atoms with E-state index in [9.17, 15) is 23.8 Å². The van der Waals surface area contributed by atoms with Crippen molar-refractivity contribution in [1.29, 1.82) is 0 Å². The highest BCUT2D eigenvalue weighted by Gasteiger charge is 2.22. The lowest BCUT2D eigenvalue weighted by atomic mass is 10.1. The summed E-state index contributed by atoms with van der Waals surface area (Å²) < 4.78 is 33.7. The molecule has 0 heterocycles. The maximum absolute atomic E-state index is 12.7. The summed E-state index contributed by atoms with van der Waals surface area (Å²) in [5.74, 6) is -1.22. The number of carbonyl (C=O) groups is 3. The van der Waals surface area contributed by atoms with E-state index in [4.69, 9.17) is 18.5 Å². The molecule has 0 saturated carbocycles. The van der Waals surface area contributed by atoms with E-state index in [0.717, 1.165) is 70.6 Å². The number of ketones is 1. The SMILES string of the molecule is CCCCC/C=C\C/C=C\C/C=C\C=C\C(=O)CCCC(=O)OC[C@H](COP(=O)([O-])OCC[N+](C)(C)C)OC(=O)CCCCCCCC/C=C\C/C=C\C/C=C\CCCCCC. The van der Waals surface area contributed by atoms with Crippen molar-refractivity contribution in [3.63, 3.8) is 0 Å². The second-order valence-electron chi connectivity index (χ2n) is 16.8. The van der Waals surface area contributed by atoms with Gasteiger partial charge in [0, 0.05) is 19.3 Å². The van der Waals surface area contributed by atoms with Crippen LogP contribution in [0.3, 0.4) is 0 Å². The minimum atomic E-state index is -4.69. The predicted molar refractivity (Wildman–Crippen MR) is 254 cm³/mol. The van der Waals surface area contributed by atoms with E-state index in [1.165, 1.54) is 57.4 Å². The summed E-state index contributed by atoms with van der Waals surface area (Å²) in [6.45, 7) is 3.87. The van der Waals surface area contributed by atoms with Crippen LogP contribution in [-0.4, -0.2) is 75.8 Å². The Bertz CT molecular complexity index is 1390. The zero-order valence-corrected chi connectivity index (χ0v) is 40.4. The van der Waals surface area contributed by atoms with Gasteiger partial charge in [0.1, 0.15) is 19.8 Å². The normalized spacial score (nSPS) is 14.2. The molecule has 1 unspecified atom stereocenters. The molecule has 354 valence electrons. The molecule has 0 aliphatic rings. The van der Waals surface area contributed by atoms with Crippen LogP contribution < -0.4 is 4.89 Å². The number of nitrogens with zero attached hydrogens (tertiary/aromatic N) is 1. The number of hydrogen-bond donors (Lipinski definition) is 0. The first kappa shape index (κ1) is 58.9. The number of quaternary nitrogens is 1. The standard InChI is InChI=1S/C51H86NO9P/c1-6-8-10-12-14-16-18-20-21-22-23-24-25-26-28-30-32-34-36-38-42-51(55)61-49(47-60-62(56,57)59-45-44-52(3,4)5)46-58-50(54)43-39-41-48(53)40-37-35-33-31-29-27-19-17-15-13-11-9-7-2/h15-18,21-22,24-25,27,29,33,35,37,40,49H,6-14,19-20,23,26,28,30-32,34,36,38-39,41-47H2,1-5H3/b17-15-,18-16-,22-21-,25-24-,29-27-,35-33-,40-37+/t49-/m1/s1. The van der Waals surface area contributed by atoms with Crippen molar-refractivity contribution >= 4 is 25.5 Å². The number of carbonyl (C=O) groups excluding carboxylic acids is 3. The molecule has 0 N–H and O–H groups in total. The average Bonchev–Trinajstić information content (AvgIpc) is 3.22. The van der Waals surface area contributed by atoms with Gasteiger partial charge in [-0.3, -0.25) is 18.9 Å². The van der Waals surface area contributed by atoms with Gasteiger partial charge in [-0.05, 0) is 83.1 Å². The highest BCUT2D eigenvalue weighted by Crippen LogP contribution is 2.38. The largest absolute Gasteiger partial charge is 0.756 e. The zero-order chi connectivity index (χ0) is 45.8. The molecule has 0 bridgehead atoms. The quantitative estimate of drug-likeness (QED) is 0.0112. The highest BCUT2D eigenvalue weighted by molar-refractivity contribution is 7.45. The van der Waals surface area contributed by atoms with Gasteiger partial charge in [-0.2, -0.15) is 0 Å². The van der Waals surface area contributed by atoms with Gasteiger partial charge < -0.3 is 27.9 Å². The smallest absolute Gasteiger partial charge is 0.306 e. The van der Waals surface area contributed by atoms with Gasteiger partial charge in [-0.1, -0.05) is 151 Å². The number of esters is 2. The Balaban J connectivity index is 4.53. The number of unbranched alkanes of at least 4 members (excludes halogenated alkanes) is 13. The first-order valence-electron chi connectivity index (χ1n) is 23.7. The molecular formula is C51H86NO9P. The Labute approximate surface area is 377 Å². The van der Waals surface area contributed by atoms with E-state index in [0.29, 0.717) is 17.4 Å². The Kier molecular flexibility index (Phi) is 39.7. The molecule has 0 saturated heterocycles. The molecule has 0 aromatic rings. The zero-order valence-electron chi connectivity index (χ0n) is 39.5. The van der Waals surface area contributed by atoms with Gasteiger partial charge in [0.15, 0.2) is 11.9 Å². The Morgan fingerprint density at radius 2 is 1.03 bits per heavy atom. The van der Waals surface area contributed by atoms with E-state index >= 15 is 0 Å². The monoisotopic (exact) mass is 888 g/mol. The molecule has 2 atom stereocenters. The van der Waals surface area contributed by atoms with Crippen LogP contribution in [0.4, 0.5) is 0 Å². The molecule has 11 heteroatoms. The predicted octanol–water partition coefficient (Wildman–Crippen LogP) is 12.5. The lowest BCUT2D eigenvalue weighted by Crippen LogP contribution is -2.37.